The second-order valence-corrected chi connectivity index (χ2v) is 5.80. The first-order valence-corrected chi connectivity index (χ1v) is 7.77. The van der Waals surface area contributed by atoms with E-state index >= 15 is 0 Å². The minimum Gasteiger partial charge on any atom is -0.357 e. The maximum atomic E-state index is 12.0. The topological polar surface area (TPSA) is 91.0 Å². The number of nitrogens with zero attached hydrogens (tertiary/aromatic N) is 3. The van der Waals surface area contributed by atoms with Crippen LogP contribution in [0.25, 0.3) is 0 Å². The van der Waals surface area contributed by atoms with Crippen LogP contribution in [0.5, 0.6) is 0 Å². The molecule has 108 valence electrons. The Hall–Kier alpha value is -2.09. The van der Waals surface area contributed by atoms with Crippen LogP contribution >= 0.6 is 0 Å². The summed E-state index contributed by atoms with van der Waals surface area (Å²) in [4.78, 5) is 6.43. The lowest BCUT2D eigenvalue weighted by Crippen LogP contribution is -2.22. The van der Waals surface area contributed by atoms with Crippen LogP contribution in [0.3, 0.4) is 0 Å². The molecule has 0 saturated heterocycles. The summed E-state index contributed by atoms with van der Waals surface area (Å²) in [6, 6.07) is 3.48. The minimum atomic E-state index is -3.61. The Morgan fingerprint density at radius 1 is 1.25 bits per heavy atom. The summed E-state index contributed by atoms with van der Waals surface area (Å²) in [5, 5.41) is 6.09. The molecule has 0 aliphatic carbocycles. The molecular weight excluding hydrogens is 278 g/mol. The lowest BCUT2D eigenvalue weighted by Gasteiger charge is -2.19. The summed E-state index contributed by atoms with van der Waals surface area (Å²) in [7, 11) is -3.61. The molecule has 0 saturated carbocycles. The lowest BCUT2D eigenvalue weighted by molar-refractivity contribution is 0.601. The molecule has 0 aliphatic rings. The normalized spacial score (nSPS) is 11.3. The van der Waals surface area contributed by atoms with Crippen molar-refractivity contribution < 1.29 is 8.42 Å². The van der Waals surface area contributed by atoms with Gasteiger partial charge in [0.25, 0.3) is 10.0 Å². The Labute approximate surface area is 118 Å². The molecule has 2 aromatic rings. The molecule has 20 heavy (non-hydrogen) atoms. The summed E-state index contributed by atoms with van der Waals surface area (Å²) in [6.07, 6.45) is 4.07. The third kappa shape index (κ3) is 3.08. The van der Waals surface area contributed by atoms with Gasteiger partial charge < -0.3 is 4.90 Å². The van der Waals surface area contributed by atoms with Crippen LogP contribution in [0.15, 0.2) is 35.6 Å². The van der Waals surface area contributed by atoms with E-state index in [1.807, 2.05) is 13.8 Å². The fraction of sp³-hybridized carbons (Fsp3) is 0.333. The minimum absolute atomic E-state index is 0.0883. The molecule has 0 unspecified atom stereocenters. The zero-order valence-electron chi connectivity index (χ0n) is 11.4. The monoisotopic (exact) mass is 295 g/mol. The summed E-state index contributed by atoms with van der Waals surface area (Å²) in [5.74, 6) is 0.821. The van der Waals surface area contributed by atoms with Gasteiger partial charge in [0, 0.05) is 19.3 Å². The predicted molar refractivity (Wildman–Crippen MR) is 77.2 cm³/mol. The molecule has 8 heteroatoms. The van der Waals surface area contributed by atoms with Crippen LogP contribution in [-0.4, -0.2) is 36.7 Å². The highest BCUT2D eigenvalue weighted by atomic mass is 32.2. The standard InChI is InChI=1S/C12H17N5O2S/c1-3-17(4-2)12-6-5-10(7-13-12)16-20(18,19)11-8-14-15-9-11/h5-9,16H,3-4H2,1-2H3,(H,14,15). The van der Waals surface area contributed by atoms with Gasteiger partial charge in [-0.1, -0.05) is 0 Å². The van der Waals surface area contributed by atoms with E-state index in [4.69, 9.17) is 0 Å². The van der Waals surface area contributed by atoms with Crippen molar-refractivity contribution in [2.75, 3.05) is 22.7 Å². The Morgan fingerprint density at radius 3 is 2.50 bits per heavy atom. The molecule has 0 aliphatic heterocycles. The van der Waals surface area contributed by atoms with E-state index in [-0.39, 0.29) is 4.90 Å². The van der Waals surface area contributed by atoms with Crippen molar-refractivity contribution >= 4 is 21.5 Å². The van der Waals surface area contributed by atoms with Crippen molar-refractivity contribution in [1.82, 2.24) is 15.2 Å². The van der Waals surface area contributed by atoms with Crippen molar-refractivity contribution in [2.45, 2.75) is 18.7 Å². The third-order valence-corrected chi connectivity index (χ3v) is 4.22. The number of aromatic amines is 1. The summed E-state index contributed by atoms with van der Waals surface area (Å²) in [6.45, 7) is 5.79. The molecule has 0 fully saturated rings. The fourth-order valence-corrected chi connectivity index (χ4v) is 2.73. The summed E-state index contributed by atoms with van der Waals surface area (Å²) >= 11 is 0. The molecular formula is C12H17N5O2S. The largest absolute Gasteiger partial charge is 0.357 e. The summed E-state index contributed by atoms with van der Waals surface area (Å²) in [5.41, 5.74) is 0.419. The number of sulfonamides is 1. The van der Waals surface area contributed by atoms with E-state index in [2.05, 4.69) is 24.8 Å². The number of rotatable bonds is 6. The Kier molecular flexibility index (Phi) is 4.23. The number of hydrogen-bond acceptors (Lipinski definition) is 5. The van der Waals surface area contributed by atoms with Crippen molar-refractivity contribution in [3.63, 3.8) is 0 Å². The van der Waals surface area contributed by atoms with Crippen LogP contribution in [0.1, 0.15) is 13.8 Å². The number of pyridine rings is 1. The molecule has 2 rings (SSSR count). The van der Waals surface area contributed by atoms with E-state index in [0.717, 1.165) is 18.9 Å². The second-order valence-electron chi connectivity index (χ2n) is 4.12. The van der Waals surface area contributed by atoms with E-state index in [1.165, 1.54) is 18.6 Å². The lowest BCUT2D eigenvalue weighted by atomic mass is 10.4. The van der Waals surface area contributed by atoms with E-state index in [0.29, 0.717) is 5.69 Å². The van der Waals surface area contributed by atoms with Gasteiger partial charge in [0.05, 0.1) is 18.1 Å². The first kappa shape index (κ1) is 14.3. The molecule has 2 aromatic heterocycles. The van der Waals surface area contributed by atoms with Crippen LogP contribution in [0, 0.1) is 0 Å². The van der Waals surface area contributed by atoms with Gasteiger partial charge in [-0.2, -0.15) is 5.10 Å². The Bertz CT molecular complexity index is 633. The van der Waals surface area contributed by atoms with Crippen molar-refractivity contribution in [2.24, 2.45) is 0 Å². The summed E-state index contributed by atoms with van der Waals surface area (Å²) < 4.78 is 26.4. The number of aromatic nitrogens is 3. The molecule has 2 heterocycles. The van der Waals surface area contributed by atoms with Gasteiger partial charge in [0.1, 0.15) is 10.7 Å². The number of hydrogen-bond donors (Lipinski definition) is 2. The van der Waals surface area contributed by atoms with Gasteiger partial charge in [-0.25, -0.2) is 13.4 Å². The smallest absolute Gasteiger partial charge is 0.265 e. The highest BCUT2D eigenvalue weighted by Gasteiger charge is 2.15. The zero-order chi connectivity index (χ0) is 14.6. The SMILES string of the molecule is CCN(CC)c1ccc(NS(=O)(=O)c2cn[nH]c2)cn1. The van der Waals surface area contributed by atoms with Crippen molar-refractivity contribution in [3.8, 4) is 0 Å². The van der Waals surface area contributed by atoms with Crippen LogP contribution in [0.4, 0.5) is 11.5 Å². The van der Waals surface area contributed by atoms with E-state index in [1.54, 1.807) is 12.1 Å². The first-order chi connectivity index (χ1) is 9.56. The Balaban J connectivity index is 2.15. The van der Waals surface area contributed by atoms with E-state index < -0.39 is 10.0 Å². The van der Waals surface area contributed by atoms with Crippen LogP contribution in [0.2, 0.25) is 0 Å². The maximum absolute atomic E-state index is 12.0. The highest BCUT2D eigenvalue weighted by Crippen LogP contribution is 2.17. The first-order valence-electron chi connectivity index (χ1n) is 6.29. The average Bonchev–Trinajstić information content (AvgIpc) is 2.96. The fourth-order valence-electron chi connectivity index (χ4n) is 1.78. The van der Waals surface area contributed by atoms with Gasteiger partial charge in [-0.05, 0) is 26.0 Å². The van der Waals surface area contributed by atoms with Gasteiger partial charge in [0.2, 0.25) is 0 Å². The second kappa shape index (κ2) is 5.91. The zero-order valence-corrected chi connectivity index (χ0v) is 12.2. The van der Waals surface area contributed by atoms with Gasteiger partial charge in [-0.15, -0.1) is 0 Å². The molecule has 0 spiro atoms. The molecule has 0 aromatic carbocycles. The molecule has 0 amide bonds. The van der Waals surface area contributed by atoms with Crippen molar-refractivity contribution in [1.29, 1.82) is 0 Å². The number of nitrogens with one attached hydrogen (secondary N) is 2. The van der Waals surface area contributed by atoms with Crippen LogP contribution in [-0.2, 0) is 10.0 Å². The van der Waals surface area contributed by atoms with E-state index in [9.17, 15) is 8.42 Å². The van der Waals surface area contributed by atoms with Crippen LogP contribution < -0.4 is 9.62 Å². The average molecular weight is 295 g/mol. The van der Waals surface area contributed by atoms with Crippen molar-refractivity contribution in [3.05, 3.63) is 30.7 Å². The number of anilines is 2. The predicted octanol–water partition coefficient (Wildman–Crippen LogP) is 1.45. The maximum Gasteiger partial charge on any atom is 0.265 e. The molecule has 7 nitrogen and oxygen atoms in total. The molecule has 0 atom stereocenters. The molecule has 0 bridgehead atoms. The molecule has 2 N–H and O–H groups in total. The van der Waals surface area contributed by atoms with Gasteiger partial charge in [-0.3, -0.25) is 9.82 Å². The third-order valence-electron chi connectivity index (χ3n) is 2.87. The Morgan fingerprint density at radius 2 is 2.00 bits per heavy atom. The van der Waals surface area contributed by atoms with Gasteiger partial charge >= 0.3 is 0 Å². The highest BCUT2D eigenvalue weighted by molar-refractivity contribution is 7.92. The molecule has 0 radical (unpaired) electrons. The van der Waals surface area contributed by atoms with Gasteiger partial charge in [0.15, 0.2) is 0 Å². The quantitative estimate of drug-likeness (QED) is 0.841. The number of H-pyrrole nitrogens is 1.